The van der Waals surface area contributed by atoms with E-state index in [9.17, 15) is 28.5 Å². The van der Waals surface area contributed by atoms with E-state index in [1.807, 2.05) is 10.6 Å². The van der Waals surface area contributed by atoms with Crippen molar-refractivity contribution < 1.29 is 23.3 Å². The van der Waals surface area contributed by atoms with Crippen molar-refractivity contribution in [3.05, 3.63) is 27.8 Å². The minimum absolute atomic E-state index is 0.337. The van der Waals surface area contributed by atoms with Crippen LogP contribution in [-0.2, 0) is 9.59 Å². The summed E-state index contributed by atoms with van der Waals surface area (Å²) >= 11 is 0. The van der Waals surface area contributed by atoms with Gasteiger partial charge in [-0.1, -0.05) is 0 Å². The average Bonchev–Trinajstić information content (AvgIpc) is 2.23. The van der Waals surface area contributed by atoms with Gasteiger partial charge in [0.15, 0.2) is 23.0 Å². The molecular weight excluding hydrogens is 264 g/mol. The molecule has 0 radical (unpaired) electrons. The third-order valence-corrected chi connectivity index (χ3v) is 1.99. The second-order valence-electron chi connectivity index (χ2n) is 3.56. The van der Waals surface area contributed by atoms with Gasteiger partial charge in [0.2, 0.25) is 11.8 Å². The Morgan fingerprint density at radius 2 is 1.47 bits per heavy atom. The van der Waals surface area contributed by atoms with Gasteiger partial charge in [-0.2, -0.15) is 0 Å². The first-order valence-electron chi connectivity index (χ1n) is 4.95. The minimum atomic E-state index is -1.31. The second kappa shape index (κ2) is 5.38. The van der Waals surface area contributed by atoms with Gasteiger partial charge in [-0.05, 0) is 0 Å². The Balaban J connectivity index is 3.57. The van der Waals surface area contributed by atoms with E-state index in [0.29, 0.717) is 6.07 Å². The number of nitrogens with one attached hydrogen (secondary N) is 2. The molecule has 0 saturated carbocycles. The van der Waals surface area contributed by atoms with Crippen LogP contribution in [0.4, 0.5) is 25.8 Å². The lowest BCUT2D eigenvalue weighted by molar-refractivity contribution is -0.383. The van der Waals surface area contributed by atoms with Gasteiger partial charge in [0.05, 0.1) is 4.92 Å². The van der Waals surface area contributed by atoms with Crippen LogP contribution in [0.2, 0.25) is 0 Å². The molecule has 0 spiro atoms. The Morgan fingerprint density at radius 1 is 1.11 bits per heavy atom. The van der Waals surface area contributed by atoms with Crippen molar-refractivity contribution in [3.63, 3.8) is 0 Å². The summed E-state index contributed by atoms with van der Waals surface area (Å²) in [4.78, 5) is 31.5. The summed E-state index contributed by atoms with van der Waals surface area (Å²) in [5.74, 6) is -4.17. The van der Waals surface area contributed by atoms with Gasteiger partial charge in [0.1, 0.15) is 0 Å². The number of benzene rings is 1. The summed E-state index contributed by atoms with van der Waals surface area (Å²) in [7, 11) is 0. The van der Waals surface area contributed by atoms with Crippen LogP contribution in [0, 0.1) is 21.7 Å². The van der Waals surface area contributed by atoms with Gasteiger partial charge in [0.25, 0.3) is 0 Å². The Kier molecular flexibility index (Phi) is 4.10. The van der Waals surface area contributed by atoms with Crippen molar-refractivity contribution in [2.24, 2.45) is 0 Å². The molecular formula is C10H9F2N3O4. The monoisotopic (exact) mass is 273 g/mol. The Morgan fingerprint density at radius 3 is 1.74 bits per heavy atom. The molecule has 0 bridgehead atoms. The summed E-state index contributed by atoms with van der Waals surface area (Å²) in [6.07, 6.45) is 0. The van der Waals surface area contributed by atoms with Crippen molar-refractivity contribution in [2.45, 2.75) is 13.8 Å². The molecule has 102 valence electrons. The van der Waals surface area contributed by atoms with Crippen LogP contribution in [0.25, 0.3) is 0 Å². The van der Waals surface area contributed by atoms with E-state index in [-0.39, 0.29) is 0 Å². The lowest BCUT2D eigenvalue weighted by Gasteiger charge is -2.10. The maximum atomic E-state index is 13.5. The number of carbonyl (C=O) groups excluding carboxylic acids is 2. The van der Waals surface area contributed by atoms with Gasteiger partial charge in [-0.25, -0.2) is 8.78 Å². The summed E-state index contributed by atoms with van der Waals surface area (Å²) in [6, 6.07) is 0.337. The number of nitro benzene ring substituents is 1. The standard InChI is InChI=1S/C10H9F2N3O4/c1-4(16)13-8-6(11)3-7(12)9(14-5(2)17)10(8)15(18)19/h3H,1-2H3,(H,13,16)(H,14,17). The van der Waals surface area contributed by atoms with Gasteiger partial charge < -0.3 is 10.6 Å². The number of nitrogens with zero attached hydrogens (tertiary/aromatic N) is 1. The predicted octanol–water partition coefficient (Wildman–Crippen LogP) is 1.79. The normalized spacial score (nSPS) is 9.89. The molecule has 1 aromatic rings. The molecule has 1 rings (SSSR count). The first-order chi connectivity index (χ1) is 8.73. The van der Waals surface area contributed by atoms with Crippen molar-refractivity contribution in [3.8, 4) is 0 Å². The zero-order valence-electron chi connectivity index (χ0n) is 9.91. The fourth-order valence-corrected chi connectivity index (χ4v) is 1.38. The molecule has 1 aromatic carbocycles. The van der Waals surface area contributed by atoms with Crippen LogP contribution in [-0.4, -0.2) is 16.7 Å². The van der Waals surface area contributed by atoms with Crippen LogP contribution in [0.5, 0.6) is 0 Å². The van der Waals surface area contributed by atoms with Crippen molar-refractivity contribution in [1.82, 2.24) is 0 Å². The van der Waals surface area contributed by atoms with Crippen LogP contribution >= 0.6 is 0 Å². The van der Waals surface area contributed by atoms with E-state index in [2.05, 4.69) is 0 Å². The summed E-state index contributed by atoms with van der Waals surface area (Å²) in [6.45, 7) is 2.01. The third-order valence-electron chi connectivity index (χ3n) is 1.99. The molecule has 2 N–H and O–H groups in total. The number of anilines is 2. The zero-order chi connectivity index (χ0) is 14.7. The predicted molar refractivity (Wildman–Crippen MR) is 61.6 cm³/mol. The van der Waals surface area contributed by atoms with E-state index in [1.54, 1.807) is 0 Å². The first-order valence-corrected chi connectivity index (χ1v) is 4.95. The van der Waals surface area contributed by atoms with Crippen LogP contribution in [0.3, 0.4) is 0 Å². The lowest BCUT2D eigenvalue weighted by Crippen LogP contribution is -2.15. The molecule has 7 nitrogen and oxygen atoms in total. The first kappa shape index (κ1) is 14.5. The third kappa shape index (κ3) is 3.21. The maximum Gasteiger partial charge on any atom is 0.322 e. The van der Waals surface area contributed by atoms with Crippen LogP contribution in [0.1, 0.15) is 13.8 Å². The van der Waals surface area contributed by atoms with Crippen molar-refractivity contribution in [2.75, 3.05) is 10.6 Å². The molecule has 0 saturated heterocycles. The number of halogens is 2. The minimum Gasteiger partial charge on any atom is -0.318 e. The topological polar surface area (TPSA) is 101 Å². The Bertz CT molecular complexity index is 534. The average molecular weight is 273 g/mol. The number of rotatable bonds is 3. The molecule has 0 aliphatic carbocycles. The highest BCUT2D eigenvalue weighted by Crippen LogP contribution is 2.37. The van der Waals surface area contributed by atoms with Crippen molar-refractivity contribution in [1.29, 1.82) is 0 Å². The highest BCUT2D eigenvalue weighted by Gasteiger charge is 2.29. The molecule has 0 unspecified atom stereocenters. The highest BCUT2D eigenvalue weighted by atomic mass is 19.1. The summed E-state index contributed by atoms with van der Waals surface area (Å²) in [5, 5.41) is 14.7. The fourth-order valence-electron chi connectivity index (χ4n) is 1.38. The molecule has 9 heteroatoms. The number of hydrogen-bond acceptors (Lipinski definition) is 4. The van der Waals surface area contributed by atoms with E-state index < -0.39 is 45.4 Å². The van der Waals surface area contributed by atoms with Gasteiger partial charge in [0, 0.05) is 19.9 Å². The van der Waals surface area contributed by atoms with E-state index >= 15 is 0 Å². The van der Waals surface area contributed by atoms with Crippen molar-refractivity contribution >= 4 is 28.9 Å². The Labute approximate surface area is 105 Å². The quantitative estimate of drug-likeness (QED) is 0.647. The molecule has 2 amide bonds. The van der Waals surface area contributed by atoms with Gasteiger partial charge >= 0.3 is 5.69 Å². The van der Waals surface area contributed by atoms with E-state index in [4.69, 9.17) is 0 Å². The maximum absolute atomic E-state index is 13.5. The van der Waals surface area contributed by atoms with E-state index in [0.717, 1.165) is 13.8 Å². The van der Waals surface area contributed by atoms with Gasteiger partial charge in [-0.3, -0.25) is 19.7 Å². The molecule has 0 atom stereocenters. The largest absolute Gasteiger partial charge is 0.322 e. The highest BCUT2D eigenvalue weighted by molar-refractivity contribution is 5.98. The number of nitro groups is 1. The summed E-state index contributed by atoms with van der Waals surface area (Å²) < 4.78 is 27.0. The molecule has 0 aromatic heterocycles. The number of carbonyl (C=O) groups is 2. The molecule has 0 fully saturated rings. The zero-order valence-corrected chi connectivity index (χ0v) is 9.91. The number of amides is 2. The fraction of sp³-hybridized carbons (Fsp3) is 0.200. The Hall–Kier alpha value is -2.58. The summed E-state index contributed by atoms with van der Waals surface area (Å²) in [5.41, 5.74) is -2.66. The van der Waals surface area contributed by atoms with E-state index in [1.165, 1.54) is 0 Å². The molecule has 0 aliphatic heterocycles. The van der Waals surface area contributed by atoms with Crippen LogP contribution in [0.15, 0.2) is 6.07 Å². The van der Waals surface area contributed by atoms with Gasteiger partial charge in [-0.15, -0.1) is 0 Å². The lowest BCUT2D eigenvalue weighted by atomic mass is 10.2. The SMILES string of the molecule is CC(=O)Nc1c(F)cc(F)c(NC(C)=O)c1[N+](=O)[O-]. The molecule has 0 heterocycles. The smallest absolute Gasteiger partial charge is 0.318 e. The second-order valence-corrected chi connectivity index (χ2v) is 3.56. The molecule has 19 heavy (non-hydrogen) atoms. The molecule has 0 aliphatic rings. The number of hydrogen-bond donors (Lipinski definition) is 2. The van der Waals surface area contributed by atoms with Crippen LogP contribution < -0.4 is 10.6 Å².